The molecule has 0 spiro atoms. The summed E-state index contributed by atoms with van der Waals surface area (Å²) < 4.78 is 39.3. The van der Waals surface area contributed by atoms with Gasteiger partial charge in [0.05, 0.1) is 64.6 Å². The lowest BCUT2D eigenvalue weighted by Crippen LogP contribution is -2.48. The molecule has 0 radical (unpaired) electrons. The Morgan fingerprint density at radius 2 is 1.73 bits per heavy atom. The molecule has 0 bridgehead atoms. The van der Waals surface area contributed by atoms with Crippen LogP contribution in [0, 0.1) is 16.0 Å². The number of piperidine rings is 1. The summed E-state index contributed by atoms with van der Waals surface area (Å²) in [7, 11) is 3.36. The van der Waals surface area contributed by atoms with E-state index in [1.54, 1.807) is 14.2 Å². The second-order valence-electron chi connectivity index (χ2n) is 11.7. The third-order valence-electron chi connectivity index (χ3n) is 8.32. The van der Waals surface area contributed by atoms with Crippen molar-refractivity contribution in [3.63, 3.8) is 0 Å². The lowest BCUT2D eigenvalue weighted by Gasteiger charge is -2.38. The van der Waals surface area contributed by atoms with Crippen LogP contribution in [-0.2, 0) is 46.5 Å². The van der Waals surface area contributed by atoms with Gasteiger partial charge in [0.2, 0.25) is 0 Å². The monoisotopic (exact) mass is 675 g/mol. The standard InChI is InChI=1S/C34H49N3O11/c1-41-14-5-12-36-13-17-44-31-11-8-27(20-30(31)36)24-46-32-22-35-21-29(25-47-34(38)45-15-3-4-16-48-37(39)40)33(32)28-9-6-26(7-10-28)23-43-19-18-42-2/h6-11,20,29,32-33,35H,3-5,12-19,21-25H2,1-2H3/t29-,32-,33-/m0/s1. The molecule has 1 fully saturated rings. The van der Waals surface area contributed by atoms with E-state index in [4.69, 9.17) is 33.2 Å². The summed E-state index contributed by atoms with van der Waals surface area (Å²) in [6, 6.07) is 14.5. The largest absolute Gasteiger partial charge is 0.508 e. The average Bonchev–Trinajstić information content (AvgIpc) is 3.10. The van der Waals surface area contributed by atoms with Gasteiger partial charge >= 0.3 is 6.16 Å². The highest BCUT2D eigenvalue weighted by molar-refractivity contribution is 5.61. The van der Waals surface area contributed by atoms with Gasteiger partial charge in [-0.25, -0.2) is 4.79 Å². The maximum absolute atomic E-state index is 12.4. The van der Waals surface area contributed by atoms with Crippen molar-refractivity contribution >= 4 is 11.8 Å². The molecular formula is C34H49N3O11. The fraction of sp³-hybridized carbons (Fsp3) is 0.618. The van der Waals surface area contributed by atoms with Crippen molar-refractivity contribution in [2.45, 2.75) is 44.5 Å². The molecule has 0 amide bonds. The zero-order chi connectivity index (χ0) is 34.0. The summed E-state index contributed by atoms with van der Waals surface area (Å²) in [6.45, 7) is 6.45. The first-order valence-electron chi connectivity index (χ1n) is 16.5. The van der Waals surface area contributed by atoms with Crippen LogP contribution in [0.25, 0.3) is 0 Å². The summed E-state index contributed by atoms with van der Waals surface area (Å²) in [5, 5.41) is 12.9. The van der Waals surface area contributed by atoms with Gasteiger partial charge in [-0.1, -0.05) is 30.3 Å². The minimum atomic E-state index is -0.841. The highest BCUT2D eigenvalue weighted by Crippen LogP contribution is 2.36. The Hall–Kier alpha value is -3.69. The minimum absolute atomic E-state index is 0.0494. The number of nitrogens with zero attached hydrogens (tertiary/aromatic N) is 2. The van der Waals surface area contributed by atoms with E-state index in [1.165, 1.54) is 0 Å². The fourth-order valence-corrected chi connectivity index (χ4v) is 5.91. The van der Waals surface area contributed by atoms with E-state index in [2.05, 4.69) is 45.4 Å². The Balaban J connectivity index is 1.40. The van der Waals surface area contributed by atoms with Crippen LogP contribution in [0.5, 0.6) is 5.75 Å². The molecule has 48 heavy (non-hydrogen) atoms. The first-order valence-corrected chi connectivity index (χ1v) is 16.5. The molecule has 0 unspecified atom stereocenters. The molecular weight excluding hydrogens is 626 g/mol. The molecule has 0 saturated carbocycles. The van der Waals surface area contributed by atoms with Gasteiger partial charge in [0.25, 0.3) is 5.09 Å². The molecule has 266 valence electrons. The molecule has 14 nitrogen and oxygen atoms in total. The molecule has 2 heterocycles. The smallest absolute Gasteiger partial charge is 0.490 e. The van der Waals surface area contributed by atoms with E-state index in [-0.39, 0.29) is 37.8 Å². The van der Waals surface area contributed by atoms with E-state index in [9.17, 15) is 14.9 Å². The van der Waals surface area contributed by atoms with E-state index in [0.29, 0.717) is 65.6 Å². The Bertz CT molecular complexity index is 1250. The quantitative estimate of drug-likeness (QED) is 0.0876. The summed E-state index contributed by atoms with van der Waals surface area (Å²) in [6.07, 6.45) is 0.771. The van der Waals surface area contributed by atoms with Crippen LogP contribution in [0.3, 0.4) is 0 Å². The molecule has 2 aromatic carbocycles. The molecule has 2 aromatic rings. The van der Waals surface area contributed by atoms with Gasteiger partial charge in [0.1, 0.15) is 12.4 Å². The van der Waals surface area contributed by atoms with Crippen molar-refractivity contribution in [1.29, 1.82) is 0 Å². The highest BCUT2D eigenvalue weighted by Gasteiger charge is 2.36. The molecule has 2 aliphatic heterocycles. The third-order valence-corrected chi connectivity index (χ3v) is 8.32. The van der Waals surface area contributed by atoms with E-state index >= 15 is 0 Å². The number of hydrogen-bond acceptors (Lipinski definition) is 13. The van der Waals surface area contributed by atoms with Crippen LogP contribution in [0.4, 0.5) is 10.5 Å². The Kier molecular flexibility index (Phi) is 16.0. The highest BCUT2D eigenvalue weighted by atomic mass is 16.9. The van der Waals surface area contributed by atoms with Crippen molar-refractivity contribution in [1.82, 2.24) is 5.32 Å². The van der Waals surface area contributed by atoms with Gasteiger partial charge in [-0.3, -0.25) is 0 Å². The lowest BCUT2D eigenvalue weighted by molar-refractivity contribution is -0.757. The number of rotatable bonds is 21. The second-order valence-corrected chi connectivity index (χ2v) is 11.7. The predicted molar refractivity (Wildman–Crippen MR) is 176 cm³/mol. The summed E-state index contributed by atoms with van der Waals surface area (Å²) in [4.78, 5) is 29.3. The zero-order valence-corrected chi connectivity index (χ0v) is 28.0. The number of unbranched alkanes of at least 4 members (excludes halogenated alkanes) is 1. The Morgan fingerprint density at radius 3 is 2.52 bits per heavy atom. The average molecular weight is 676 g/mol. The Labute approximate surface area is 281 Å². The van der Waals surface area contributed by atoms with Gasteiger partial charge < -0.3 is 48.2 Å². The maximum Gasteiger partial charge on any atom is 0.508 e. The van der Waals surface area contributed by atoms with Crippen LogP contribution in [0.15, 0.2) is 42.5 Å². The summed E-state index contributed by atoms with van der Waals surface area (Å²) in [5.74, 6) is 0.731. The van der Waals surface area contributed by atoms with Crippen molar-refractivity contribution in [3.8, 4) is 5.75 Å². The molecule has 1 N–H and O–H groups in total. The number of benzene rings is 2. The van der Waals surface area contributed by atoms with Gasteiger partial charge in [-0.05, 0) is 48.1 Å². The number of methoxy groups -OCH3 is 2. The van der Waals surface area contributed by atoms with E-state index in [1.807, 2.05) is 12.1 Å². The lowest BCUT2D eigenvalue weighted by atomic mass is 9.79. The first-order chi connectivity index (χ1) is 23.5. The van der Waals surface area contributed by atoms with Crippen molar-refractivity contribution in [2.75, 3.05) is 91.5 Å². The normalized spacial score (nSPS) is 18.9. The summed E-state index contributed by atoms with van der Waals surface area (Å²) in [5.41, 5.74) is 4.24. The number of nitrogens with one attached hydrogen (secondary N) is 1. The molecule has 0 aromatic heterocycles. The van der Waals surface area contributed by atoms with Crippen LogP contribution in [0.1, 0.15) is 41.9 Å². The Morgan fingerprint density at radius 1 is 0.938 bits per heavy atom. The maximum atomic E-state index is 12.4. The molecule has 0 aliphatic carbocycles. The molecule has 14 heteroatoms. The van der Waals surface area contributed by atoms with Crippen LogP contribution in [0.2, 0.25) is 0 Å². The number of fused-ring (bicyclic) bond motifs is 1. The second kappa shape index (κ2) is 20.6. The number of ether oxygens (including phenoxy) is 7. The van der Waals surface area contributed by atoms with Crippen molar-refractivity contribution < 1.29 is 47.9 Å². The van der Waals surface area contributed by atoms with Crippen molar-refractivity contribution in [2.24, 2.45) is 5.92 Å². The van der Waals surface area contributed by atoms with Gasteiger partial charge in [-0.15, -0.1) is 10.1 Å². The first kappa shape index (κ1) is 37.1. The van der Waals surface area contributed by atoms with Crippen LogP contribution in [-0.4, -0.2) is 104 Å². The van der Waals surface area contributed by atoms with Gasteiger partial charge in [-0.2, -0.15) is 0 Å². The SMILES string of the molecule is COCCCN1CCOc2ccc(CO[C@H]3CNC[C@@H](COC(=O)OCCCCO[N+](=O)[O-])[C@@H]3c3ccc(COCCOC)cc3)cc21. The van der Waals surface area contributed by atoms with Gasteiger partial charge in [0, 0.05) is 52.3 Å². The van der Waals surface area contributed by atoms with Gasteiger partial charge in [0.15, 0.2) is 0 Å². The van der Waals surface area contributed by atoms with E-state index in [0.717, 1.165) is 47.6 Å². The molecule has 3 atom stereocenters. The topological polar surface area (TPSA) is 149 Å². The number of carbonyl (C=O) groups is 1. The van der Waals surface area contributed by atoms with E-state index < -0.39 is 11.2 Å². The van der Waals surface area contributed by atoms with Crippen LogP contribution >= 0.6 is 0 Å². The number of anilines is 1. The van der Waals surface area contributed by atoms with Crippen molar-refractivity contribution in [3.05, 3.63) is 69.3 Å². The fourth-order valence-electron chi connectivity index (χ4n) is 5.91. The summed E-state index contributed by atoms with van der Waals surface area (Å²) >= 11 is 0. The minimum Gasteiger partial charge on any atom is -0.490 e. The molecule has 1 saturated heterocycles. The third kappa shape index (κ3) is 12.1. The number of carbonyl (C=O) groups excluding carboxylic acids is 1. The molecule has 4 rings (SSSR count). The molecule has 2 aliphatic rings. The van der Waals surface area contributed by atoms with Crippen LogP contribution < -0.4 is 15.0 Å². The predicted octanol–water partition coefficient (Wildman–Crippen LogP) is 4.12. The zero-order valence-electron chi connectivity index (χ0n) is 28.0. The number of hydrogen-bond donors (Lipinski definition) is 1.